The Morgan fingerprint density at radius 2 is 2.06 bits per heavy atom. The molecule has 1 fully saturated rings. The van der Waals surface area contributed by atoms with Gasteiger partial charge in [-0.1, -0.05) is 6.42 Å². The molecule has 2 rings (SSSR count). The summed E-state index contributed by atoms with van der Waals surface area (Å²) in [5.74, 6) is -0.264. The normalized spacial score (nSPS) is 17.2. The van der Waals surface area contributed by atoms with Gasteiger partial charge in [0.1, 0.15) is 5.82 Å². The van der Waals surface area contributed by atoms with E-state index in [0.717, 1.165) is 18.7 Å². The fourth-order valence-corrected chi connectivity index (χ4v) is 2.21. The van der Waals surface area contributed by atoms with E-state index in [4.69, 9.17) is 0 Å². The highest BCUT2D eigenvalue weighted by Gasteiger charge is 2.08. The molecule has 3 nitrogen and oxygen atoms in total. The van der Waals surface area contributed by atoms with Crippen LogP contribution in [0.4, 0.5) is 4.39 Å². The van der Waals surface area contributed by atoms with Crippen LogP contribution >= 0.6 is 0 Å². The molecule has 1 aliphatic rings. The highest BCUT2D eigenvalue weighted by atomic mass is 19.1. The fraction of sp³-hybridized carbons (Fsp3) is 0.615. The lowest BCUT2D eigenvalue weighted by molar-refractivity contribution is 0.229. The van der Waals surface area contributed by atoms with Crippen molar-refractivity contribution < 1.29 is 4.39 Å². The van der Waals surface area contributed by atoms with E-state index in [1.807, 2.05) is 0 Å². The van der Waals surface area contributed by atoms with Crippen LogP contribution in [0.15, 0.2) is 18.5 Å². The number of rotatable bonds is 5. The van der Waals surface area contributed by atoms with Crippen molar-refractivity contribution in [3.05, 3.63) is 29.8 Å². The Labute approximate surface area is 102 Å². The molecule has 0 aromatic carbocycles. The minimum atomic E-state index is -0.264. The Morgan fingerprint density at radius 1 is 1.24 bits per heavy atom. The Morgan fingerprint density at radius 3 is 2.82 bits per heavy atom. The van der Waals surface area contributed by atoms with Crippen molar-refractivity contribution in [3.8, 4) is 0 Å². The van der Waals surface area contributed by atoms with Gasteiger partial charge in [-0.2, -0.15) is 0 Å². The molecule has 2 heterocycles. The molecule has 0 saturated carbocycles. The maximum atomic E-state index is 12.9. The predicted octanol–water partition coefficient (Wildman–Crippen LogP) is 1.80. The van der Waals surface area contributed by atoms with Gasteiger partial charge in [0.15, 0.2) is 0 Å². The Kier molecular flexibility index (Phi) is 4.88. The SMILES string of the molecule is Fc1cncc(CNCCN2CCCCC2)c1. The molecule has 4 heteroatoms. The van der Waals surface area contributed by atoms with E-state index < -0.39 is 0 Å². The van der Waals surface area contributed by atoms with Crippen LogP contribution in [0.2, 0.25) is 0 Å². The maximum Gasteiger partial charge on any atom is 0.141 e. The zero-order chi connectivity index (χ0) is 11.9. The summed E-state index contributed by atoms with van der Waals surface area (Å²) in [6.07, 6.45) is 6.97. The molecule has 0 amide bonds. The number of hydrogen-bond acceptors (Lipinski definition) is 3. The number of piperidine rings is 1. The molecular formula is C13H20FN3. The van der Waals surface area contributed by atoms with Crippen LogP contribution in [0.1, 0.15) is 24.8 Å². The lowest BCUT2D eigenvalue weighted by Crippen LogP contribution is -2.35. The summed E-state index contributed by atoms with van der Waals surface area (Å²) in [7, 11) is 0. The smallest absolute Gasteiger partial charge is 0.141 e. The Bertz CT molecular complexity index is 337. The average Bonchev–Trinajstić information content (AvgIpc) is 2.36. The van der Waals surface area contributed by atoms with E-state index >= 15 is 0 Å². The van der Waals surface area contributed by atoms with E-state index in [2.05, 4.69) is 15.2 Å². The summed E-state index contributed by atoms with van der Waals surface area (Å²) in [6.45, 7) is 5.18. The van der Waals surface area contributed by atoms with E-state index in [0.29, 0.717) is 6.54 Å². The average molecular weight is 237 g/mol. The molecule has 0 bridgehead atoms. The zero-order valence-electron chi connectivity index (χ0n) is 10.2. The second-order valence-corrected chi connectivity index (χ2v) is 4.59. The van der Waals surface area contributed by atoms with Gasteiger partial charge in [-0.3, -0.25) is 4.98 Å². The third kappa shape index (κ3) is 4.40. The number of halogens is 1. The summed E-state index contributed by atoms with van der Waals surface area (Å²) < 4.78 is 12.9. The fourth-order valence-electron chi connectivity index (χ4n) is 2.21. The Balaban J connectivity index is 1.62. The number of hydrogen-bond donors (Lipinski definition) is 1. The number of pyridine rings is 1. The molecule has 0 spiro atoms. The third-order valence-electron chi connectivity index (χ3n) is 3.14. The van der Waals surface area contributed by atoms with Crippen LogP contribution in [-0.2, 0) is 6.54 Å². The second kappa shape index (κ2) is 6.67. The topological polar surface area (TPSA) is 28.2 Å². The van der Waals surface area contributed by atoms with Crippen molar-refractivity contribution >= 4 is 0 Å². The molecule has 94 valence electrons. The van der Waals surface area contributed by atoms with E-state index in [1.54, 1.807) is 6.20 Å². The van der Waals surface area contributed by atoms with Crippen LogP contribution in [0.5, 0.6) is 0 Å². The number of aromatic nitrogens is 1. The largest absolute Gasteiger partial charge is 0.311 e. The molecule has 0 atom stereocenters. The van der Waals surface area contributed by atoms with Gasteiger partial charge >= 0.3 is 0 Å². The number of likely N-dealkylation sites (tertiary alicyclic amines) is 1. The molecule has 1 saturated heterocycles. The van der Waals surface area contributed by atoms with Gasteiger partial charge in [-0.15, -0.1) is 0 Å². The first-order chi connectivity index (χ1) is 8.34. The van der Waals surface area contributed by atoms with Crippen LogP contribution in [0.3, 0.4) is 0 Å². The number of nitrogens with zero attached hydrogens (tertiary/aromatic N) is 2. The molecule has 1 aromatic rings. The quantitative estimate of drug-likeness (QED) is 0.791. The van der Waals surface area contributed by atoms with Gasteiger partial charge in [0.25, 0.3) is 0 Å². The highest BCUT2D eigenvalue weighted by Crippen LogP contribution is 2.07. The summed E-state index contributed by atoms with van der Waals surface area (Å²) in [4.78, 5) is 6.31. The standard InChI is InChI=1S/C13H20FN3/c14-13-8-12(10-16-11-13)9-15-4-7-17-5-2-1-3-6-17/h8,10-11,15H,1-7,9H2. The van der Waals surface area contributed by atoms with E-state index in [1.165, 1.54) is 44.6 Å². The summed E-state index contributed by atoms with van der Waals surface area (Å²) in [5.41, 5.74) is 0.906. The van der Waals surface area contributed by atoms with Gasteiger partial charge in [0.05, 0.1) is 6.20 Å². The molecule has 0 radical (unpaired) electrons. The van der Waals surface area contributed by atoms with E-state index in [9.17, 15) is 4.39 Å². The van der Waals surface area contributed by atoms with Gasteiger partial charge in [0, 0.05) is 25.8 Å². The van der Waals surface area contributed by atoms with Gasteiger partial charge < -0.3 is 10.2 Å². The number of nitrogens with one attached hydrogen (secondary N) is 1. The summed E-state index contributed by atoms with van der Waals surface area (Å²) >= 11 is 0. The zero-order valence-corrected chi connectivity index (χ0v) is 10.2. The van der Waals surface area contributed by atoms with Gasteiger partial charge in [-0.25, -0.2) is 4.39 Å². The molecule has 1 aliphatic heterocycles. The molecule has 0 unspecified atom stereocenters. The molecule has 0 aliphatic carbocycles. The molecule has 17 heavy (non-hydrogen) atoms. The molecule has 1 aromatic heterocycles. The lowest BCUT2D eigenvalue weighted by atomic mass is 10.1. The first kappa shape index (κ1) is 12.5. The van der Waals surface area contributed by atoms with Crippen LogP contribution < -0.4 is 5.32 Å². The Hall–Kier alpha value is -1.00. The van der Waals surface area contributed by atoms with Crippen LogP contribution in [0, 0.1) is 5.82 Å². The third-order valence-corrected chi connectivity index (χ3v) is 3.14. The first-order valence-corrected chi connectivity index (χ1v) is 6.37. The predicted molar refractivity (Wildman–Crippen MR) is 66.2 cm³/mol. The summed E-state index contributed by atoms with van der Waals surface area (Å²) in [5, 5.41) is 3.33. The summed E-state index contributed by atoms with van der Waals surface area (Å²) in [6, 6.07) is 1.53. The minimum Gasteiger partial charge on any atom is -0.311 e. The van der Waals surface area contributed by atoms with Crippen molar-refractivity contribution in [3.63, 3.8) is 0 Å². The van der Waals surface area contributed by atoms with Crippen LogP contribution in [0.25, 0.3) is 0 Å². The maximum absolute atomic E-state index is 12.9. The van der Waals surface area contributed by atoms with Gasteiger partial charge in [-0.05, 0) is 37.6 Å². The van der Waals surface area contributed by atoms with Crippen molar-refractivity contribution in [2.24, 2.45) is 0 Å². The second-order valence-electron chi connectivity index (χ2n) is 4.59. The minimum absolute atomic E-state index is 0.264. The van der Waals surface area contributed by atoms with Crippen molar-refractivity contribution in [1.82, 2.24) is 15.2 Å². The lowest BCUT2D eigenvalue weighted by Gasteiger charge is -2.26. The first-order valence-electron chi connectivity index (χ1n) is 6.37. The monoisotopic (exact) mass is 237 g/mol. The van der Waals surface area contributed by atoms with Crippen LogP contribution in [-0.4, -0.2) is 36.1 Å². The van der Waals surface area contributed by atoms with Crippen molar-refractivity contribution in [2.45, 2.75) is 25.8 Å². The molecule has 1 N–H and O–H groups in total. The van der Waals surface area contributed by atoms with Gasteiger partial charge in [0.2, 0.25) is 0 Å². The molecular weight excluding hydrogens is 217 g/mol. The van der Waals surface area contributed by atoms with Crippen molar-refractivity contribution in [2.75, 3.05) is 26.2 Å². The highest BCUT2D eigenvalue weighted by molar-refractivity contribution is 5.09. The van der Waals surface area contributed by atoms with E-state index in [-0.39, 0.29) is 5.82 Å². The van der Waals surface area contributed by atoms with Crippen molar-refractivity contribution in [1.29, 1.82) is 0 Å².